The fourth-order valence-electron chi connectivity index (χ4n) is 2.54. The Balaban J connectivity index is 1.37. The lowest BCUT2D eigenvalue weighted by molar-refractivity contribution is 0.0913. The number of halogens is 1. The zero-order valence-corrected chi connectivity index (χ0v) is 17.3. The van der Waals surface area contributed by atoms with E-state index in [2.05, 4.69) is 20.6 Å². The average molecular weight is 456 g/mol. The number of ether oxygens (including phenoxy) is 1. The van der Waals surface area contributed by atoms with Crippen LogP contribution in [0.25, 0.3) is 10.2 Å². The Bertz CT molecular complexity index is 1240. The lowest BCUT2D eigenvalue weighted by Gasteiger charge is -2.07. The lowest BCUT2D eigenvalue weighted by atomic mass is 10.2. The van der Waals surface area contributed by atoms with E-state index in [9.17, 15) is 18.8 Å². The normalized spacial score (nSPS) is 10.6. The minimum absolute atomic E-state index is 0.111. The number of benzene rings is 1. The molecule has 0 radical (unpaired) electrons. The Morgan fingerprint density at radius 1 is 1.06 bits per heavy atom. The highest BCUT2D eigenvalue weighted by Crippen LogP contribution is 2.26. The number of pyridine rings is 1. The van der Waals surface area contributed by atoms with Crippen molar-refractivity contribution in [2.45, 2.75) is 6.61 Å². The van der Waals surface area contributed by atoms with Gasteiger partial charge in [-0.05, 0) is 35.2 Å². The van der Waals surface area contributed by atoms with E-state index in [4.69, 9.17) is 4.74 Å². The maximum atomic E-state index is 12.9. The van der Waals surface area contributed by atoms with Gasteiger partial charge < -0.3 is 10.1 Å². The Hall–Kier alpha value is -3.70. The molecule has 0 aliphatic rings. The number of anilines is 1. The molecule has 0 saturated heterocycles. The van der Waals surface area contributed by atoms with Crippen molar-refractivity contribution < 1.29 is 23.5 Å². The quantitative estimate of drug-likeness (QED) is 0.466. The number of nitrogens with one attached hydrogen (secondary N) is 2. The van der Waals surface area contributed by atoms with Gasteiger partial charge in [-0.2, -0.15) is 0 Å². The van der Waals surface area contributed by atoms with Gasteiger partial charge in [0.15, 0.2) is 5.01 Å². The van der Waals surface area contributed by atoms with Crippen LogP contribution in [-0.4, -0.2) is 27.9 Å². The van der Waals surface area contributed by atoms with E-state index in [1.54, 1.807) is 23.8 Å². The third-order valence-electron chi connectivity index (χ3n) is 4.02. The van der Waals surface area contributed by atoms with Crippen LogP contribution in [0.3, 0.4) is 0 Å². The van der Waals surface area contributed by atoms with Gasteiger partial charge in [0.2, 0.25) is 0 Å². The third-order valence-corrected chi connectivity index (χ3v) is 5.88. The van der Waals surface area contributed by atoms with Crippen molar-refractivity contribution in [1.29, 1.82) is 0 Å². The molecule has 0 fully saturated rings. The first-order valence-corrected chi connectivity index (χ1v) is 10.5. The summed E-state index contributed by atoms with van der Waals surface area (Å²) in [6, 6.07) is 8.65. The molecule has 4 aromatic rings. The maximum absolute atomic E-state index is 12.9. The molecule has 31 heavy (non-hydrogen) atoms. The summed E-state index contributed by atoms with van der Waals surface area (Å²) in [4.78, 5) is 45.1. The van der Waals surface area contributed by atoms with Crippen LogP contribution < -0.4 is 10.6 Å². The number of thiophene rings is 1. The maximum Gasteiger partial charge on any atom is 0.414 e. The molecule has 0 aliphatic heterocycles. The van der Waals surface area contributed by atoms with Crippen molar-refractivity contribution in [3.8, 4) is 0 Å². The molecule has 3 heterocycles. The van der Waals surface area contributed by atoms with Gasteiger partial charge in [0.25, 0.3) is 11.8 Å². The minimum Gasteiger partial charge on any atom is -0.444 e. The lowest BCUT2D eigenvalue weighted by Crippen LogP contribution is -2.31. The highest BCUT2D eigenvalue weighted by molar-refractivity contribution is 7.20. The van der Waals surface area contributed by atoms with Gasteiger partial charge >= 0.3 is 6.09 Å². The van der Waals surface area contributed by atoms with Crippen LogP contribution in [0.2, 0.25) is 0 Å². The highest BCUT2D eigenvalue weighted by atomic mass is 32.1. The van der Waals surface area contributed by atoms with Gasteiger partial charge in [-0.1, -0.05) is 12.1 Å². The summed E-state index contributed by atoms with van der Waals surface area (Å²) in [6.45, 7) is -0.126. The standard InChI is InChI=1S/C20H13FN4O4S2/c21-12-3-1-11(2-4-12)10-29-20(28)25-16(26)13-6-8-30-18(13)24-17(27)19-23-14-9-22-7-5-15(14)31-19/h1-9H,10H2,(H,24,27)(H,25,26,28). The topological polar surface area (TPSA) is 110 Å². The first kappa shape index (κ1) is 20.6. The monoisotopic (exact) mass is 456 g/mol. The zero-order valence-electron chi connectivity index (χ0n) is 15.6. The molecular weight excluding hydrogens is 443 g/mol. The van der Waals surface area contributed by atoms with Crippen LogP contribution in [0.5, 0.6) is 0 Å². The molecule has 3 aromatic heterocycles. The third kappa shape index (κ3) is 4.90. The smallest absolute Gasteiger partial charge is 0.414 e. The minimum atomic E-state index is -0.962. The van der Waals surface area contributed by atoms with Crippen molar-refractivity contribution >= 4 is 55.8 Å². The first-order chi connectivity index (χ1) is 15.0. The largest absolute Gasteiger partial charge is 0.444 e. The molecule has 11 heteroatoms. The number of fused-ring (bicyclic) bond motifs is 1. The van der Waals surface area contributed by atoms with Crippen molar-refractivity contribution in [1.82, 2.24) is 15.3 Å². The molecule has 0 atom stereocenters. The molecular formula is C20H13FN4O4S2. The fraction of sp³-hybridized carbons (Fsp3) is 0.0500. The predicted octanol–water partition coefficient (Wildman–Crippen LogP) is 4.21. The van der Waals surface area contributed by atoms with Gasteiger partial charge in [-0.15, -0.1) is 22.7 Å². The number of alkyl carbamates (subject to hydrolysis) is 1. The number of rotatable bonds is 5. The van der Waals surface area contributed by atoms with E-state index < -0.39 is 23.7 Å². The molecule has 4 rings (SSSR count). The number of imide groups is 1. The van der Waals surface area contributed by atoms with Crippen molar-refractivity contribution in [3.63, 3.8) is 0 Å². The number of amides is 3. The summed E-state index contributed by atoms with van der Waals surface area (Å²) in [7, 11) is 0. The molecule has 8 nitrogen and oxygen atoms in total. The second kappa shape index (κ2) is 8.98. The van der Waals surface area contributed by atoms with Crippen LogP contribution in [-0.2, 0) is 11.3 Å². The molecule has 0 unspecified atom stereocenters. The molecule has 0 saturated carbocycles. The summed E-state index contributed by atoms with van der Waals surface area (Å²) in [5.41, 5.74) is 1.28. The van der Waals surface area contributed by atoms with Gasteiger partial charge in [0.1, 0.15) is 22.9 Å². The SMILES string of the molecule is O=C(NC(=O)c1ccsc1NC(=O)c1nc2cnccc2s1)OCc1ccc(F)cc1. The number of aromatic nitrogens is 2. The van der Waals surface area contributed by atoms with Gasteiger partial charge in [0, 0.05) is 6.20 Å². The molecule has 2 N–H and O–H groups in total. The predicted molar refractivity (Wildman–Crippen MR) is 114 cm³/mol. The van der Waals surface area contributed by atoms with E-state index >= 15 is 0 Å². The van der Waals surface area contributed by atoms with Crippen LogP contribution in [0.4, 0.5) is 14.2 Å². The average Bonchev–Trinajstić information content (AvgIpc) is 3.40. The highest BCUT2D eigenvalue weighted by Gasteiger charge is 2.20. The van der Waals surface area contributed by atoms with Gasteiger partial charge in [0.05, 0.1) is 16.5 Å². The van der Waals surface area contributed by atoms with Crippen LogP contribution in [0, 0.1) is 5.82 Å². The zero-order chi connectivity index (χ0) is 21.8. The fourth-order valence-corrected chi connectivity index (χ4v) is 4.15. The number of hydrogen-bond donors (Lipinski definition) is 2. The van der Waals surface area contributed by atoms with E-state index in [1.165, 1.54) is 41.7 Å². The van der Waals surface area contributed by atoms with E-state index in [0.29, 0.717) is 11.1 Å². The molecule has 3 amide bonds. The molecule has 0 bridgehead atoms. The first-order valence-electron chi connectivity index (χ1n) is 8.81. The number of hydrogen-bond acceptors (Lipinski definition) is 8. The number of thiazole rings is 1. The summed E-state index contributed by atoms with van der Waals surface area (Å²) in [5.74, 6) is -1.61. The van der Waals surface area contributed by atoms with Crippen LogP contribution >= 0.6 is 22.7 Å². The van der Waals surface area contributed by atoms with Gasteiger partial charge in [-0.3, -0.25) is 19.9 Å². The van der Waals surface area contributed by atoms with Crippen LogP contribution in [0.15, 0.2) is 54.2 Å². The summed E-state index contributed by atoms with van der Waals surface area (Å²) in [5, 5.41) is 6.84. The van der Waals surface area contributed by atoms with E-state index in [0.717, 1.165) is 16.0 Å². The van der Waals surface area contributed by atoms with E-state index in [1.807, 2.05) is 0 Å². The Labute approximate surface area is 182 Å². The Kier molecular flexibility index (Phi) is 5.96. The summed E-state index contributed by atoms with van der Waals surface area (Å²) >= 11 is 2.33. The molecule has 1 aromatic carbocycles. The molecule has 156 valence electrons. The summed E-state index contributed by atoms with van der Waals surface area (Å²) in [6.07, 6.45) is 2.21. The van der Waals surface area contributed by atoms with Crippen molar-refractivity contribution in [2.75, 3.05) is 5.32 Å². The van der Waals surface area contributed by atoms with Crippen molar-refractivity contribution in [3.05, 3.63) is 76.1 Å². The second-order valence-electron chi connectivity index (χ2n) is 6.14. The number of carbonyl (C=O) groups excluding carboxylic acids is 3. The number of carbonyl (C=O) groups is 3. The second-order valence-corrected chi connectivity index (χ2v) is 8.08. The molecule has 0 aliphatic carbocycles. The van der Waals surface area contributed by atoms with Gasteiger partial charge in [-0.25, -0.2) is 14.2 Å². The van der Waals surface area contributed by atoms with Crippen molar-refractivity contribution in [2.24, 2.45) is 0 Å². The van der Waals surface area contributed by atoms with Crippen LogP contribution in [0.1, 0.15) is 25.7 Å². The Morgan fingerprint density at radius 3 is 2.65 bits per heavy atom. The summed E-state index contributed by atoms with van der Waals surface area (Å²) < 4.78 is 18.7. The number of nitrogens with zero attached hydrogens (tertiary/aromatic N) is 2. The van der Waals surface area contributed by atoms with E-state index in [-0.39, 0.29) is 22.2 Å². The molecule has 0 spiro atoms. The Morgan fingerprint density at radius 2 is 1.87 bits per heavy atom.